The van der Waals surface area contributed by atoms with Crippen molar-refractivity contribution in [2.24, 2.45) is 0 Å². The Morgan fingerprint density at radius 2 is 2.00 bits per heavy atom. The van der Waals surface area contributed by atoms with Gasteiger partial charge in [-0.2, -0.15) is 16.5 Å². The first-order valence-corrected chi connectivity index (χ1v) is 9.21. The van der Waals surface area contributed by atoms with Gasteiger partial charge >= 0.3 is 11.9 Å². The maximum atomic E-state index is 12.2. The van der Waals surface area contributed by atoms with Crippen LogP contribution in [0.2, 0.25) is 5.02 Å². The van der Waals surface area contributed by atoms with E-state index < -0.39 is 28.0 Å². The highest BCUT2D eigenvalue weighted by Gasteiger charge is 2.26. The van der Waals surface area contributed by atoms with Gasteiger partial charge in [0.25, 0.3) is 0 Å². The summed E-state index contributed by atoms with van der Waals surface area (Å²) in [7, 11) is -4.17. The number of carboxylic acids is 2. The molecule has 0 aliphatic rings. The third kappa shape index (κ3) is 4.87. The third-order valence-electron chi connectivity index (χ3n) is 2.68. The summed E-state index contributed by atoms with van der Waals surface area (Å²) in [6.07, 6.45) is 1.88. The fraction of sp³-hybridized carbons (Fsp3) is 0.333. The molecule has 1 rings (SSSR count). The second-order valence-electron chi connectivity index (χ2n) is 4.24. The van der Waals surface area contributed by atoms with Crippen molar-refractivity contribution < 1.29 is 28.2 Å². The van der Waals surface area contributed by atoms with Crippen LogP contribution in [0.3, 0.4) is 0 Å². The van der Waals surface area contributed by atoms with E-state index in [0.29, 0.717) is 5.75 Å². The Kier molecular flexibility index (Phi) is 6.66. The van der Waals surface area contributed by atoms with Gasteiger partial charge in [-0.1, -0.05) is 11.6 Å². The minimum atomic E-state index is -4.17. The van der Waals surface area contributed by atoms with E-state index in [0.717, 1.165) is 18.2 Å². The molecule has 3 N–H and O–H groups in total. The van der Waals surface area contributed by atoms with Crippen LogP contribution < -0.4 is 4.72 Å². The predicted octanol–water partition coefficient (Wildman–Crippen LogP) is 1.52. The molecule has 0 amide bonds. The van der Waals surface area contributed by atoms with Crippen LogP contribution in [0.5, 0.6) is 0 Å². The maximum Gasteiger partial charge on any atom is 0.337 e. The number of hydrogen-bond donors (Lipinski definition) is 3. The number of sulfonamides is 1. The summed E-state index contributed by atoms with van der Waals surface area (Å²) in [5, 5.41) is 17.9. The normalized spacial score (nSPS) is 12.8. The monoisotopic (exact) mass is 367 g/mol. The molecule has 1 atom stereocenters. The van der Waals surface area contributed by atoms with Gasteiger partial charge in [-0.3, -0.25) is 4.79 Å². The number of aromatic carboxylic acids is 1. The molecule has 0 aliphatic carbocycles. The van der Waals surface area contributed by atoms with Crippen molar-refractivity contribution in [2.45, 2.75) is 17.4 Å². The molecule has 0 spiro atoms. The Hall–Kier alpha value is -1.29. The molecule has 0 saturated carbocycles. The van der Waals surface area contributed by atoms with E-state index in [1.807, 2.05) is 0 Å². The van der Waals surface area contributed by atoms with Gasteiger partial charge in [0, 0.05) is 0 Å². The lowest BCUT2D eigenvalue weighted by Gasteiger charge is -2.14. The molecule has 1 aromatic rings. The molecule has 0 fully saturated rings. The Labute approximate surface area is 136 Å². The number of halogens is 1. The summed E-state index contributed by atoms with van der Waals surface area (Å²) < 4.78 is 26.4. The number of benzene rings is 1. The average molecular weight is 368 g/mol. The van der Waals surface area contributed by atoms with Crippen molar-refractivity contribution in [1.82, 2.24) is 4.72 Å². The largest absolute Gasteiger partial charge is 0.480 e. The van der Waals surface area contributed by atoms with E-state index in [1.54, 1.807) is 6.26 Å². The van der Waals surface area contributed by atoms with E-state index in [4.69, 9.17) is 21.8 Å². The summed E-state index contributed by atoms with van der Waals surface area (Å²) in [6, 6.07) is 1.85. The van der Waals surface area contributed by atoms with Crippen LogP contribution in [0.15, 0.2) is 23.1 Å². The minimum absolute atomic E-state index is 0.106. The highest BCUT2D eigenvalue weighted by Crippen LogP contribution is 2.21. The van der Waals surface area contributed by atoms with E-state index >= 15 is 0 Å². The molecule has 1 aromatic carbocycles. The van der Waals surface area contributed by atoms with Crippen molar-refractivity contribution in [1.29, 1.82) is 0 Å². The first kappa shape index (κ1) is 18.8. The summed E-state index contributed by atoms with van der Waals surface area (Å²) in [4.78, 5) is 21.7. The summed E-state index contributed by atoms with van der Waals surface area (Å²) in [5.74, 6) is -2.22. The Morgan fingerprint density at radius 3 is 2.50 bits per heavy atom. The quantitative estimate of drug-likeness (QED) is 0.636. The number of rotatable bonds is 8. The van der Waals surface area contributed by atoms with Crippen molar-refractivity contribution in [3.05, 3.63) is 28.8 Å². The number of hydrogen-bond acceptors (Lipinski definition) is 5. The van der Waals surface area contributed by atoms with Gasteiger partial charge in [0.15, 0.2) is 0 Å². The number of carbonyl (C=O) groups is 2. The lowest BCUT2D eigenvalue weighted by molar-refractivity contribution is -0.139. The zero-order valence-electron chi connectivity index (χ0n) is 11.4. The predicted molar refractivity (Wildman–Crippen MR) is 83.2 cm³/mol. The summed E-state index contributed by atoms with van der Waals surface area (Å²) >= 11 is 7.06. The second kappa shape index (κ2) is 7.82. The average Bonchev–Trinajstić information content (AvgIpc) is 2.43. The van der Waals surface area contributed by atoms with Gasteiger partial charge in [0.1, 0.15) is 6.04 Å². The van der Waals surface area contributed by atoms with Crippen molar-refractivity contribution in [2.75, 3.05) is 12.0 Å². The SMILES string of the molecule is CSCC[C@@H](NS(=O)(=O)c1ccc(Cl)c(C(=O)O)c1)C(=O)O. The van der Waals surface area contributed by atoms with Crippen LogP contribution in [0, 0.1) is 0 Å². The van der Waals surface area contributed by atoms with Gasteiger partial charge in [0.05, 0.1) is 15.5 Å². The zero-order chi connectivity index (χ0) is 16.9. The lowest BCUT2D eigenvalue weighted by Crippen LogP contribution is -2.41. The van der Waals surface area contributed by atoms with Crippen molar-refractivity contribution in [3.8, 4) is 0 Å². The first-order valence-electron chi connectivity index (χ1n) is 5.96. The van der Waals surface area contributed by atoms with Crippen molar-refractivity contribution >= 4 is 45.3 Å². The fourth-order valence-electron chi connectivity index (χ4n) is 1.56. The molecular formula is C12H14ClNO6S2. The van der Waals surface area contributed by atoms with Gasteiger partial charge in [-0.15, -0.1) is 0 Å². The molecular weight excluding hydrogens is 354 g/mol. The Balaban J connectivity index is 3.10. The topological polar surface area (TPSA) is 121 Å². The standard InChI is InChI=1S/C12H14ClNO6S2/c1-21-5-4-10(12(17)18)14-22(19,20)7-2-3-9(13)8(6-7)11(15)16/h2-3,6,10,14H,4-5H2,1H3,(H,15,16)(H,17,18)/t10-/m1/s1. The summed E-state index contributed by atoms with van der Waals surface area (Å²) in [6.45, 7) is 0. The smallest absolute Gasteiger partial charge is 0.337 e. The van der Waals surface area contributed by atoms with E-state index in [2.05, 4.69) is 4.72 Å². The Morgan fingerprint density at radius 1 is 1.36 bits per heavy atom. The molecule has 7 nitrogen and oxygen atoms in total. The van der Waals surface area contributed by atoms with Crippen LogP contribution in [0.25, 0.3) is 0 Å². The zero-order valence-corrected chi connectivity index (χ0v) is 13.8. The highest BCUT2D eigenvalue weighted by atomic mass is 35.5. The van der Waals surface area contributed by atoms with E-state index in [-0.39, 0.29) is 21.9 Å². The molecule has 0 saturated heterocycles. The minimum Gasteiger partial charge on any atom is -0.480 e. The molecule has 0 bridgehead atoms. The maximum absolute atomic E-state index is 12.2. The van der Waals surface area contributed by atoms with Crippen LogP contribution in [0.1, 0.15) is 16.8 Å². The third-order valence-corrected chi connectivity index (χ3v) is 5.13. The van der Waals surface area contributed by atoms with Gasteiger partial charge < -0.3 is 10.2 Å². The van der Waals surface area contributed by atoms with Crippen LogP contribution in [0.4, 0.5) is 0 Å². The number of aliphatic carboxylic acids is 1. The van der Waals surface area contributed by atoms with Gasteiger partial charge in [-0.05, 0) is 36.6 Å². The molecule has 0 unspecified atom stereocenters. The molecule has 0 radical (unpaired) electrons. The molecule has 22 heavy (non-hydrogen) atoms. The van der Waals surface area contributed by atoms with E-state index in [9.17, 15) is 18.0 Å². The highest BCUT2D eigenvalue weighted by molar-refractivity contribution is 7.98. The molecule has 0 heterocycles. The van der Waals surface area contributed by atoms with Crippen LogP contribution >= 0.6 is 23.4 Å². The van der Waals surface area contributed by atoms with Gasteiger partial charge in [-0.25, -0.2) is 13.2 Å². The van der Waals surface area contributed by atoms with Gasteiger partial charge in [0.2, 0.25) is 10.0 Å². The fourth-order valence-corrected chi connectivity index (χ4v) is 3.48. The summed E-state index contributed by atoms with van der Waals surface area (Å²) in [5.41, 5.74) is -0.375. The second-order valence-corrected chi connectivity index (χ2v) is 7.35. The lowest BCUT2D eigenvalue weighted by atomic mass is 10.2. The van der Waals surface area contributed by atoms with E-state index in [1.165, 1.54) is 11.8 Å². The van der Waals surface area contributed by atoms with Crippen LogP contribution in [-0.4, -0.2) is 48.6 Å². The first-order chi connectivity index (χ1) is 10.2. The molecule has 0 aliphatic heterocycles. The number of thioether (sulfide) groups is 1. The number of nitrogens with one attached hydrogen (secondary N) is 1. The molecule has 122 valence electrons. The molecule has 0 aromatic heterocycles. The van der Waals surface area contributed by atoms with Crippen molar-refractivity contribution in [3.63, 3.8) is 0 Å². The number of carboxylic acid groups (broad SMARTS) is 2. The van der Waals surface area contributed by atoms with Crippen LogP contribution in [-0.2, 0) is 14.8 Å². The molecule has 10 heteroatoms. The Bertz CT molecular complexity index is 676.